The second-order valence-electron chi connectivity index (χ2n) is 5.98. The van der Waals surface area contributed by atoms with Gasteiger partial charge in [0.15, 0.2) is 0 Å². The molecule has 0 saturated carbocycles. The van der Waals surface area contributed by atoms with E-state index in [-0.39, 0.29) is 12.0 Å². The van der Waals surface area contributed by atoms with E-state index in [1.54, 1.807) is 0 Å². The summed E-state index contributed by atoms with van der Waals surface area (Å²) in [6.07, 6.45) is 4.09. The van der Waals surface area contributed by atoms with Crippen molar-refractivity contribution in [3.05, 3.63) is 35.4 Å². The molecule has 1 aromatic carbocycles. The average molecular weight is 288 g/mol. The number of nitrogens with zero attached hydrogens (tertiary/aromatic N) is 1. The van der Waals surface area contributed by atoms with Crippen molar-refractivity contribution in [1.29, 1.82) is 0 Å². The zero-order valence-electron chi connectivity index (χ0n) is 12.5. The number of carbonyl (C=O) groups excluding carboxylic acids is 1. The molecule has 3 rings (SSSR count). The Labute approximate surface area is 126 Å². The van der Waals surface area contributed by atoms with E-state index in [9.17, 15) is 4.79 Å². The van der Waals surface area contributed by atoms with Gasteiger partial charge >= 0.3 is 0 Å². The zero-order valence-corrected chi connectivity index (χ0v) is 12.5. The number of amides is 1. The first kappa shape index (κ1) is 14.5. The second kappa shape index (κ2) is 7.05. The van der Waals surface area contributed by atoms with Crippen molar-refractivity contribution in [2.45, 2.75) is 38.3 Å². The summed E-state index contributed by atoms with van der Waals surface area (Å²) >= 11 is 0. The van der Waals surface area contributed by atoms with E-state index in [0.717, 1.165) is 45.5 Å². The van der Waals surface area contributed by atoms with Crippen molar-refractivity contribution in [3.8, 4) is 0 Å². The van der Waals surface area contributed by atoms with Crippen LogP contribution in [0.4, 0.5) is 0 Å². The van der Waals surface area contributed by atoms with Gasteiger partial charge in [0.2, 0.25) is 5.91 Å². The Bertz CT molecular complexity index is 483. The number of carbonyl (C=O) groups is 1. The lowest BCUT2D eigenvalue weighted by Crippen LogP contribution is -2.36. The molecule has 2 heterocycles. The standard InChI is InChI=1S/C17H24N2O2/c20-17(18-12-16-6-3-11-21-16)8-10-19-9-7-14-4-1-2-5-15(14)13-19/h1-2,4-5,16H,3,6-13H2,(H,18,20). The van der Waals surface area contributed by atoms with Crippen LogP contribution in [0.5, 0.6) is 0 Å². The summed E-state index contributed by atoms with van der Waals surface area (Å²) in [5.74, 6) is 0.143. The van der Waals surface area contributed by atoms with Crippen LogP contribution < -0.4 is 5.32 Å². The summed E-state index contributed by atoms with van der Waals surface area (Å²) in [7, 11) is 0. The van der Waals surface area contributed by atoms with Crippen molar-refractivity contribution in [1.82, 2.24) is 10.2 Å². The topological polar surface area (TPSA) is 41.6 Å². The normalized spacial score (nSPS) is 22.0. The maximum Gasteiger partial charge on any atom is 0.221 e. The van der Waals surface area contributed by atoms with Crippen molar-refractivity contribution in [2.24, 2.45) is 0 Å². The van der Waals surface area contributed by atoms with Gasteiger partial charge in [-0.2, -0.15) is 0 Å². The molecule has 0 aromatic heterocycles. The maximum atomic E-state index is 11.9. The van der Waals surface area contributed by atoms with Crippen LogP contribution in [0.3, 0.4) is 0 Å². The summed E-state index contributed by atoms with van der Waals surface area (Å²) in [5, 5.41) is 2.99. The Morgan fingerprint density at radius 3 is 3.00 bits per heavy atom. The molecule has 1 aromatic rings. The van der Waals surface area contributed by atoms with E-state index in [2.05, 4.69) is 34.5 Å². The molecule has 1 atom stereocenters. The molecule has 1 saturated heterocycles. The maximum absolute atomic E-state index is 11.9. The van der Waals surface area contributed by atoms with Crippen molar-refractivity contribution >= 4 is 5.91 Å². The number of ether oxygens (including phenoxy) is 1. The summed E-state index contributed by atoms with van der Waals surface area (Å²) in [6, 6.07) is 8.60. The molecule has 0 bridgehead atoms. The van der Waals surface area contributed by atoms with Gasteiger partial charge in [0, 0.05) is 39.2 Å². The van der Waals surface area contributed by atoms with Gasteiger partial charge in [-0.3, -0.25) is 9.69 Å². The molecule has 114 valence electrons. The Balaban J connectivity index is 1.38. The quantitative estimate of drug-likeness (QED) is 0.897. The monoisotopic (exact) mass is 288 g/mol. The minimum atomic E-state index is 0.143. The highest BCUT2D eigenvalue weighted by Crippen LogP contribution is 2.18. The van der Waals surface area contributed by atoms with E-state index in [1.807, 2.05) is 0 Å². The highest BCUT2D eigenvalue weighted by atomic mass is 16.5. The fourth-order valence-corrected chi connectivity index (χ4v) is 3.13. The molecule has 2 aliphatic heterocycles. The fourth-order valence-electron chi connectivity index (χ4n) is 3.13. The lowest BCUT2D eigenvalue weighted by molar-refractivity contribution is -0.122. The van der Waals surface area contributed by atoms with Crippen LogP contribution in [0.2, 0.25) is 0 Å². The molecule has 2 aliphatic rings. The largest absolute Gasteiger partial charge is 0.376 e. The van der Waals surface area contributed by atoms with Gasteiger partial charge in [-0.05, 0) is 30.4 Å². The predicted molar refractivity (Wildman–Crippen MR) is 82.0 cm³/mol. The van der Waals surface area contributed by atoms with Crippen LogP contribution in [0, 0.1) is 0 Å². The minimum Gasteiger partial charge on any atom is -0.376 e. The van der Waals surface area contributed by atoms with Crippen LogP contribution >= 0.6 is 0 Å². The van der Waals surface area contributed by atoms with Gasteiger partial charge in [-0.1, -0.05) is 24.3 Å². The van der Waals surface area contributed by atoms with Crippen LogP contribution in [-0.2, 0) is 22.5 Å². The van der Waals surface area contributed by atoms with E-state index >= 15 is 0 Å². The van der Waals surface area contributed by atoms with Crippen molar-refractivity contribution < 1.29 is 9.53 Å². The van der Waals surface area contributed by atoms with Gasteiger partial charge in [0.25, 0.3) is 0 Å². The van der Waals surface area contributed by atoms with Gasteiger partial charge in [-0.25, -0.2) is 0 Å². The Hall–Kier alpha value is -1.39. The van der Waals surface area contributed by atoms with Crippen LogP contribution in [0.25, 0.3) is 0 Å². The van der Waals surface area contributed by atoms with Gasteiger partial charge < -0.3 is 10.1 Å². The molecule has 1 fully saturated rings. The third-order valence-electron chi connectivity index (χ3n) is 4.42. The zero-order chi connectivity index (χ0) is 14.5. The van der Waals surface area contributed by atoms with E-state index in [4.69, 9.17) is 4.74 Å². The smallest absolute Gasteiger partial charge is 0.221 e. The summed E-state index contributed by atoms with van der Waals surface area (Å²) in [6.45, 7) is 4.37. The first-order valence-corrected chi connectivity index (χ1v) is 7.99. The molecule has 0 aliphatic carbocycles. The van der Waals surface area contributed by atoms with Gasteiger partial charge in [-0.15, -0.1) is 0 Å². The molecule has 21 heavy (non-hydrogen) atoms. The third-order valence-corrected chi connectivity index (χ3v) is 4.42. The third kappa shape index (κ3) is 4.05. The Kier molecular flexibility index (Phi) is 4.88. The van der Waals surface area contributed by atoms with Crippen molar-refractivity contribution in [3.63, 3.8) is 0 Å². The van der Waals surface area contributed by atoms with E-state index in [1.165, 1.54) is 11.1 Å². The van der Waals surface area contributed by atoms with Crippen LogP contribution in [-0.4, -0.2) is 43.2 Å². The van der Waals surface area contributed by atoms with E-state index < -0.39 is 0 Å². The SMILES string of the molecule is O=C(CCN1CCc2ccccc2C1)NCC1CCCO1. The number of benzene rings is 1. The average Bonchev–Trinajstić information content (AvgIpc) is 3.04. The molecule has 1 unspecified atom stereocenters. The first-order chi connectivity index (χ1) is 10.3. The number of fused-ring (bicyclic) bond motifs is 1. The van der Waals surface area contributed by atoms with Crippen molar-refractivity contribution in [2.75, 3.05) is 26.2 Å². The number of hydrogen-bond acceptors (Lipinski definition) is 3. The molecule has 4 nitrogen and oxygen atoms in total. The molecule has 1 amide bonds. The van der Waals surface area contributed by atoms with Gasteiger partial charge in [0.1, 0.15) is 0 Å². The lowest BCUT2D eigenvalue weighted by atomic mass is 10.00. The minimum absolute atomic E-state index is 0.143. The van der Waals surface area contributed by atoms with Gasteiger partial charge in [0.05, 0.1) is 6.10 Å². The fraction of sp³-hybridized carbons (Fsp3) is 0.588. The Morgan fingerprint density at radius 2 is 2.19 bits per heavy atom. The molecular formula is C17H24N2O2. The number of nitrogens with one attached hydrogen (secondary N) is 1. The summed E-state index contributed by atoms with van der Waals surface area (Å²) < 4.78 is 5.51. The lowest BCUT2D eigenvalue weighted by Gasteiger charge is -2.28. The molecular weight excluding hydrogens is 264 g/mol. The summed E-state index contributed by atoms with van der Waals surface area (Å²) in [4.78, 5) is 14.3. The second-order valence-corrected chi connectivity index (χ2v) is 5.98. The molecule has 1 N–H and O–H groups in total. The molecule has 0 spiro atoms. The highest BCUT2D eigenvalue weighted by Gasteiger charge is 2.18. The molecule has 0 radical (unpaired) electrons. The number of hydrogen-bond donors (Lipinski definition) is 1. The van der Waals surface area contributed by atoms with Crippen LogP contribution in [0.15, 0.2) is 24.3 Å². The Morgan fingerprint density at radius 1 is 1.33 bits per heavy atom. The highest BCUT2D eigenvalue weighted by molar-refractivity contribution is 5.76. The first-order valence-electron chi connectivity index (χ1n) is 7.99. The number of rotatable bonds is 5. The molecule has 4 heteroatoms. The van der Waals surface area contributed by atoms with E-state index in [0.29, 0.717) is 13.0 Å². The summed E-state index contributed by atoms with van der Waals surface area (Å²) in [5.41, 5.74) is 2.86. The van der Waals surface area contributed by atoms with Crippen LogP contribution in [0.1, 0.15) is 30.4 Å². The predicted octanol–water partition coefficient (Wildman–Crippen LogP) is 1.73.